The number of nitrogens with zero attached hydrogens (tertiary/aromatic N) is 4. The molecule has 4 rings (SSSR count). The van der Waals surface area contributed by atoms with Gasteiger partial charge in [0.15, 0.2) is 11.6 Å². The molecule has 2 amide bonds. The number of primary amides is 1. The SMILES string of the molecule is NC(=O)c1[nH]cnc1NC(=O)c1cccc2[nH]c(-c3cccnn3)nc12. The predicted octanol–water partition coefficient (Wildman–Crippen LogP) is 1.09. The molecule has 0 saturated carbocycles. The molecule has 1 aromatic carbocycles. The van der Waals surface area contributed by atoms with Gasteiger partial charge in [0.1, 0.15) is 16.9 Å². The number of carbonyl (C=O) groups is 2. The summed E-state index contributed by atoms with van der Waals surface area (Å²) in [4.78, 5) is 38.0. The van der Waals surface area contributed by atoms with Crippen LogP contribution in [0.15, 0.2) is 42.9 Å². The fourth-order valence-corrected chi connectivity index (χ4v) is 2.52. The topological polar surface area (TPSA) is 155 Å². The van der Waals surface area contributed by atoms with Crippen LogP contribution in [0.3, 0.4) is 0 Å². The second kappa shape index (κ2) is 6.09. The van der Waals surface area contributed by atoms with E-state index in [1.807, 2.05) is 0 Å². The number of aromatic nitrogens is 6. The van der Waals surface area contributed by atoms with E-state index in [1.165, 1.54) is 6.33 Å². The molecule has 26 heavy (non-hydrogen) atoms. The standard InChI is InChI=1S/C16H12N8O2/c17-13(25)12-15(19-7-18-12)23-16(26)8-3-1-4-9-11(8)22-14(21-9)10-5-2-6-20-24-10/h1-7H,(H2,17,25)(H,18,19)(H,21,22)(H,23,26). The summed E-state index contributed by atoms with van der Waals surface area (Å²) >= 11 is 0. The van der Waals surface area contributed by atoms with E-state index < -0.39 is 11.8 Å². The number of fused-ring (bicyclic) bond motifs is 1. The molecule has 0 unspecified atom stereocenters. The molecule has 3 heterocycles. The van der Waals surface area contributed by atoms with Crippen molar-refractivity contribution in [2.45, 2.75) is 0 Å². The normalized spacial score (nSPS) is 10.8. The van der Waals surface area contributed by atoms with Gasteiger partial charge in [0, 0.05) is 6.20 Å². The Labute approximate surface area is 145 Å². The molecule has 4 aromatic rings. The lowest BCUT2D eigenvalue weighted by Gasteiger charge is -2.04. The van der Waals surface area contributed by atoms with Gasteiger partial charge in [-0.05, 0) is 24.3 Å². The van der Waals surface area contributed by atoms with Crippen molar-refractivity contribution >= 4 is 28.7 Å². The maximum atomic E-state index is 12.6. The summed E-state index contributed by atoms with van der Waals surface area (Å²) in [7, 11) is 0. The van der Waals surface area contributed by atoms with Crippen LogP contribution in [-0.2, 0) is 0 Å². The average molecular weight is 348 g/mol. The van der Waals surface area contributed by atoms with Crippen molar-refractivity contribution in [3.8, 4) is 11.5 Å². The van der Waals surface area contributed by atoms with Gasteiger partial charge >= 0.3 is 0 Å². The van der Waals surface area contributed by atoms with E-state index in [9.17, 15) is 9.59 Å². The quantitative estimate of drug-likeness (QED) is 0.432. The van der Waals surface area contributed by atoms with Gasteiger partial charge < -0.3 is 21.0 Å². The highest BCUT2D eigenvalue weighted by Crippen LogP contribution is 2.22. The summed E-state index contributed by atoms with van der Waals surface area (Å²) in [5.41, 5.74) is 7.25. The van der Waals surface area contributed by atoms with Crippen molar-refractivity contribution in [3.05, 3.63) is 54.1 Å². The first kappa shape index (κ1) is 15.4. The summed E-state index contributed by atoms with van der Waals surface area (Å²) in [6, 6.07) is 8.63. The van der Waals surface area contributed by atoms with Crippen LogP contribution in [-0.4, -0.2) is 41.9 Å². The van der Waals surface area contributed by atoms with Crippen LogP contribution in [0.4, 0.5) is 5.82 Å². The smallest absolute Gasteiger partial charge is 0.269 e. The Bertz CT molecular complexity index is 1120. The zero-order chi connectivity index (χ0) is 18.1. The maximum Gasteiger partial charge on any atom is 0.269 e. The molecule has 0 bridgehead atoms. The third-order valence-corrected chi connectivity index (χ3v) is 3.69. The molecule has 128 valence electrons. The van der Waals surface area contributed by atoms with E-state index >= 15 is 0 Å². The lowest BCUT2D eigenvalue weighted by atomic mass is 10.1. The Morgan fingerprint density at radius 1 is 1.15 bits per heavy atom. The van der Waals surface area contributed by atoms with Crippen LogP contribution in [0.1, 0.15) is 20.8 Å². The molecule has 10 heteroatoms. The Balaban J connectivity index is 1.72. The molecule has 0 radical (unpaired) electrons. The van der Waals surface area contributed by atoms with Crippen LogP contribution < -0.4 is 11.1 Å². The number of rotatable bonds is 4. The van der Waals surface area contributed by atoms with Crippen molar-refractivity contribution in [1.29, 1.82) is 0 Å². The van der Waals surface area contributed by atoms with Gasteiger partial charge in [-0.2, -0.15) is 5.10 Å². The lowest BCUT2D eigenvalue weighted by molar-refractivity contribution is 0.0997. The minimum Gasteiger partial charge on any atom is -0.364 e. The third-order valence-electron chi connectivity index (χ3n) is 3.69. The number of nitrogens with two attached hydrogens (primary N) is 1. The van der Waals surface area contributed by atoms with Gasteiger partial charge in [-0.15, -0.1) is 5.10 Å². The monoisotopic (exact) mass is 348 g/mol. The molecule has 10 nitrogen and oxygen atoms in total. The zero-order valence-electron chi connectivity index (χ0n) is 13.2. The first-order chi connectivity index (χ1) is 12.6. The molecule has 0 atom stereocenters. The number of para-hydroxylation sites is 1. The summed E-state index contributed by atoms with van der Waals surface area (Å²) < 4.78 is 0. The van der Waals surface area contributed by atoms with Gasteiger partial charge in [0.05, 0.1) is 17.4 Å². The summed E-state index contributed by atoms with van der Waals surface area (Å²) in [6.07, 6.45) is 2.84. The molecular formula is C16H12N8O2. The summed E-state index contributed by atoms with van der Waals surface area (Å²) in [6.45, 7) is 0. The van der Waals surface area contributed by atoms with Crippen molar-refractivity contribution in [2.24, 2.45) is 5.73 Å². The third kappa shape index (κ3) is 2.65. The molecule has 0 spiro atoms. The van der Waals surface area contributed by atoms with Crippen LogP contribution in [0, 0.1) is 0 Å². The van der Waals surface area contributed by atoms with Gasteiger partial charge in [-0.3, -0.25) is 9.59 Å². The minimum absolute atomic E-state index is 0.0211. The Hall–Kier alpha value is -4.08. The van der Waals surface area contributed by atoms with Gasteiger partial charge in [-0.1, -0.05) is 6.07 Å². The van der Waals surface area contributed by atoms with Crippen molar-refractivity contribution in [3.63, 3.8) is 0 Å². The summed E-state index contributed by atoms with van der Waals surface area (Å²) in [5.74, 6) is -0.641. The first-order valence-corrected chi connectivity index (χ1v) is 7.55. The number of benzene rings is 1. The molecule has 5 N–H and O–H groups in total. The van der Waals surface area contributed by atoms with Crippen LogP contribution in [0.5, 0.6) is 0 Å². The largest absolute Gasteiger partial charge is 0.364 e. The van der Waals surface area contributed by atoms with Crippen LogP contribution >= 0.6 is 0 Å². The van der Waals surface area contributed by atoms with Gasteiger partial charge in [0.25, 0.3) is 11.8 Å². The molecule has 0 fully saturated rings. The molecule has 0 saturated heterocycles. The Morgan fingerprint density at radius 3 is 2.81 bits per heavy atom. The van der Waals surface area contributed by atoms with E-state index in [0.29, 0.717) is 28.1 Å². The maximum absolute atomic E-state index is 12.6. The number of nitrogens with one attached hydrogen (secondary N) is 3. The van der Waals surface area contributed by atoms with E-state index in [-0.39, 0.29) is 11.5 Å². The number of hydrogen-bond donors (Lipinski definition) is 4. The van der Waals surface area contributed by atoms with E-state index in [2.05, 4.69) is 35.5 Å². The number of imidazole rings is 2. The van der Waals surface area contributed by atoms with Crippen molar-refractivity contribution < 1.29 is 9.59 Å². The second-order valence-electron chi connectivity index (χ2n) is 5.34. The highest BCUT2D eigenvalue weighted by molar-refractivity contribution is 6.13. The molecular weight excluding hydrogens is 336 g/mol. The van der Waals surface area contributed by atoms with E-state index in [1.54, 1.807) is 36.5 Å². The number of hydrogen-bond acceptors (Lipinski definition) is 6. The predicted molar refractivity (Wildman–Crippen MR) is 92.2 cm³/mol. The van der Waals surface area contributed by atoms with Gasteiger partial charge in [-0.25, -0.2) is 9.97 Å². The second-order valence-corrected chi connectivity index (χ2v) is 5.34. The molecule has 0 aliphatic heterocycles. The van der Waals surface area contributed by atoms with Crippen molar-refractivity contribution in [1.82, 2.24) is 30.1 Å². The first-order valence-electron chi connectivity index (χ1n) is 7.55. The Kier molecular flexibility index (Phi) is 3.62. The Morgan fingerprint density at radius 2 is 2.04 bits per heavy atom. The fourth-order valence-electron chi connectivity index (χ4n) is 2.52. The number of anilines is 1. The highest BCUT2D eigenvalue weighted by Gasteiger charge is 2.18. The van der Waals surface area contributed by atoms with Crippen LogP contribution in [0.25, 0.3) is 22.6 Å². The number of amides is 2. The number of aromatic amines is 2. The zero-order valence-corrected chi connectivity index (χ0v) is 13.2. The number of H-pyrrole nitrogens is 2. The number of carbonyl (C=O) groups excluding carboxylic acids is 2. The summed E-state index contributed by atoms with van der Waals surface area (Å²) in [5, 5.41) is 10.4. The molecule has 0 aliphatic rings. The highest BCUT2D eigenvalue weighted by atomic mass is 16.2. The van der Waals surface area contributed by atoms with Crippen LogP contribution in [0.2, 0.25) is 0 Å². The molecule has 0 aliphatic carbocycles. The lowest BCUT2D eigenvalue weighted by Crippen LogP contribution is -2.18. The average Bonchev–Trinajstić information content (AvgIpc) is 3.28. The van der Waals surface area contributed by atoms with E-state index in [4.69, 9.17) is 5.73 Å². The fraction of sp³-hybridized carbons (Fsp3) is 0. The van der Waals surface area contributed by atoms with E-state index in [0.717, 1.165) is 0 Å². The molecule has 3 aromatic heterocycles. The van der Waals surface area contributed by atoms with Crippen molar-refractivity contribution in [2.75, 3.05) is 5.32 Å². The van der Waals surface area contributed by atoms with Gasteiger partial charge in [0.2, 0.25) is 0 Å². The minimum atomic E-state index is -0.722.